The normalized spacial score (nSPS) is 16.8. The molecule has 0 saturated heterocycles. The third-order valence-corrected chi connectivity index (χ3v) is 4.33. The Kier molecular flexibility index (Phi) is 4.78. The number of nitrogens with one attached hydrogen (secondary N) is 2. The lowest BCUT2D eigenvalue weighted by atomic mass is 9.75. The summed E-state index contributed by atoms with van der Waals surface area (Å²) in [7, 11) is 4.32. The van der Waals surface area contributed by atoms with Gasteiger partial charge in [0, 0.05) is 31.2 Å². The fourth-order valence-corrected chi connectivity index (χ4v) is 2.78. The number of carbonyl (C=O) groups excluding carboxylic acids is 1. The molecule has 4 heteroatoms. The van der Waals surface area contributed by atoms with Crippen LogP contribution in [-0.2, 0) is 11.3 Å². The maximum absolute atomic E-state index is 11.2. The summed E-state index contributed by atoms with van der Waals surface area (Å²) in [5.41, 5.74) is 2.36. The van der Waals surface area contributed by atoms with Gasteiger partial charge in [0.1, 0.15) is 0 Å². The second-order valence-corrected chi connectivity index (χ2v) is 5.91. The van der Waals surface area contributed by atoms with Crippen molar-refractivity contribution in [1.82, 2.24) is 10.2 Å². The van der Waals surface area contributed by atoms with Crippen LogP contribution >= 0.6 is 0 Å². The van der Waals surface area contributed by atoms with Crippen molar-refractivity contribution in [3.05, 3.63) is 29.8 Å². The van der Waals surface area contributed by atoms with Crippen LogP contribution in [0, 0.1) is 0 Å². The zero-order valence-electron chi connectivity index (χ0n) is 12.7. The molecule has 110 valence electrons. The van der Waals surface area contributed by atoms with Gasteiger partial charge in [-0.2, -0.15) is 0 Å². The Bertz CT molecular complexity index is 467. The first-order valence-corrected chi connectivity index (χ1v) is 7.27. The van der Waals surface area contributed by atoms with Crippen LogP contribution in [0.2, 0.25) is 0 Å². The molecule has 0 bridgehead atoms. The molecule has 1 aromatic carbocycles. The number of anilines is 1. The molecular formula is C16H25N3O. The second kappa shape index (κ2) is 6.37. The fourth-order valence-electron chi connectivity index (χ4n) is 2.78. The minimum Gasteiger partial charge on any atom is -0.326 e. The standard InChI is InChI=1S/C16H25N3O/c1-13(20)18-15-8-5-4-7-14(15)11-17-12-16(19(2)3)9-6-10-16/h4-5,7-8,17H,6,9-12H2,1-3H3,(H,18,20). The maximum Gasteiger partial charge on any atom is 0.221 e. The minimum absolute atomic E-state index is 0.0267. The van der Waals surface area contributed by atoms with Crippen molar-refractivity contribution in [3.63, 3.8) is 0 Å². The van der Waals surface area contributed by atoms with Crippen LogP contribution in [0.1, 0.15) is 31.7 Å². The molecule has 2 rings (SSSR count). The number of rotatable bonds is 6. The van der Waals surface area contributed by atoms with Gasteiger partial charge < -0.3 is 15.5 Å². The third kappa shape index (κ3) is 3.38. The lowest BCUT2D eigenvalue weighted by molar-refractivity contribution is -0.114. The summed E-state index contributed by atoms with van der Waals surface area (Å²) in [4.78, 5) is 13.5. The van der Waals surface area contributed by atoms with Crippen LogP contribution < -0.4 is 10.6 Å². The molecule has 0 aromatic heterocycles. The van der Waals surface area contributed by atoms with Gasteiger partial charge in [0.25, 0.3) is 0 Å². The lowest BCUT2D eigenvalue weighted by Gasteiger charge is -2.47. The summed E-state index contributed by atoms with van der Waals surface area (Å²) in [6.45, 7) is 3.32. The van der Waals surface area contributed by atoms with Crippen LogP contribution in [-0.4, -0.2) is 37.0 Å². The first kappa shape index (κ1) is 15.0. The number of likely N-dealkylation sites (N-methyl/N-ethyl adjacent to an activating group) is 1. The third-order valence-electron chi connectivity index (χ3n) is 4.33. The Morgan fingerprint density at radius 3 is 2.55 bits per heavy atom. The molecule has 0 radical (unpaired) electrons. The molecule has 0 aliphatic heterocycles. The van der Waals surface area contributed by atoms with Crippen molar-refractivity contribution in [2.45, 2.75) is 38.3 Å². The second-order valence-electron chi connectivity index (χ2n) is 5.91. The monoisotopic (exact) mass is 275 g/mol. The highest BCUT2D eigenvalue weighted by molar-refractivity contribution is 5.89. The summed E-state index contributed by atoms with van der Waals surface area (Å²) < 4.78 is 0. The number of benzene rings is 1. The van der Waals surface area contributed by atoms with E-state index in [2.05, 4.69) is 35.7 Å². The Labute approximate surface area is 121 Å². The molecular weight excluding hydrogens is 250 g/mol. The van der Waals surface area contributed by atoms with Gasteiger partial charge >= 0.3 is 0 Å². The highest BCUT2D eigenvalue weighted by atomic mass is 16.1. The van der Waals surface area contributed by atoms with E-state index in [0.717, 1.165) is 24.3 Å². The smallest absolute Gasteiger partial charge is 0.221 e. The van der Waals surface area contributed by atoms with E-state index in [9.17, 15) is 4.79 Å². The molecule has 1 fully saturated rings. The highest BCUT2D eigenvalue weighted by Gasteiger charge is 2.38. The van der Waals surface area contributed by atoms with Gasteiger partial charge in [-0.05, 0) is 45.0 Å². The van der Waals surface area contributed by atoms with Gasteiger partial charge in [0.15, 0.2) is 0 Å². The summed E-state index contributed by atoms with van der Waals surface area (Å²) in [6.07, 6.45) is 3.85. The van der Waals surface area contributed by atoms with Crippen molar-refractivity contribution in [3.8, 4) is 0 Å². The number of para-hydroxylation sites is 1. The summed E-state index contributed by atoms with van der Waals surface area (Å²) in [5.74, 6) is -0.0267. The van der Waals surface area contributed by atoms with E-state index in [1.54, 1.807) is 6.92 Å². The van der Waals surface area contributed by atoms with Gasteiger partial charge in [-0.3, -0.25) is 4.79 Å². The fraction of sp³-hybridized carbons (Fsp3) is 0.562. The van der Waals surface area contributed by atoms with E-state index < -0.39 is 0 Å². The van der Waals surface area contributed by atoms with Gasteiger partial charge in [-0.15, -0.1) is 0 Å². The van der Waals surface area contributed by atoms with Crippen LogP contribution in [0.3, 0.4) is 0 Å². The van der Waals surface area contributed by atoms with Crippen LogP contribution in [0.25, 0.3) is 0 Å². The molecule has 0 unspecified atom stereocenters. The average Bonchev–Trinajstić information content (AvgIpc) is 2.33. The highest BCUT2D eigenvalue weighted by Crippen LogP contribution is 2.35. The van der Waals surface area contributed by atoms with Gasteiger partial charge in [0.05, 0.1) is 0 Å². The molecule has 1 saturated carbocycles. The predicted molar refractivity (Wildman–Crippen MR) is 82.7 cm³/mol. The Morgan fingerprint density at radius 2 is 2.00 bits per heavy atom. The lowest BCUT2D eigenvalue weighted by Crippen LogP contribution is -2.56. The molecule has 0 atom stereocenters. The largest absolute Gasteiger partial charge is 0.326 e. The summed E-state index contributed by atoms with van der Waals surface area (Å²) >= 11 is 0. The predicted octanol–water partition coefficient (Wildman–Crippen LogP) is 2.22. The van der Waals surface area contributed by atoms with E-state index in [-0.39, 0.29) is 5.91 Å². The molecule has 1 aliphatic carbocycles. The SMILES string of the molecule is CC(=O)Nc1ccccc1CNCC1(N(C)C)CCC1. The minimum atomic E-state index is -0.0267. The van der Waals surface area contributed by atoms with Crippen molar-refractivity contribution >= 4 is 11.6 Å². The maximum atomic E-state index is 11.2. The number of hydrogen-bond donors (Lipinski definition) is 2. The van der Waals surface area contributed by atoms with E-state index in [1.807, 2.05) is 18.2 Å². The molecule has 1 aliphatic rings. The zero-order valence-corrected chi connectivity index (χ0v) is 12.7. The average molecular weight is 275 g/mol. The van der Waals surface area contributed by atoms with Crippen molar-refractivity contribution in [1.29, 1.82) is 0 Å². The first-order chi connectivity index (χ1) is 9.53. The molecule has 0 spiro atoms. The van der Waals surface area contributed by atoms with Gasteiger partial charge in [-0.25, -0.2) is 0 Å². The number of carbonyl (C=O) groups is 1. The van der Waals surface area contributed by atoms with Crippen LogP contribution in [0.15, 0.2) is 24.3 Å². The van der Waals surface area contributed by atoms with Crippen molar-refractivity contribution in [2.75, 3.05) is 26.0 Å². The van der Waals surface area contributed by atoms with Crippen molar-refractivity contribution < 1.29 is 4.79 Å². The first-order valence-electron chi connectivity index (χ1n) is 7.27. The zero-order chi connectivity index (χ0) is 14.6. The number of nitrogens with zero attached hydrogens (tertiary/aromatic N) is 1. The van der Waals surface area contributed by atoms with E-state index >= 15 is 0 Å². The number of hydrogen-bond acceptors (Lipinski definition) is 3. The molecule has 1 aromatic rings. The molecule has 0 heterocycles. The van der Waals surface area contributed by atoms with Crippen LogP contribution in [0.4, 0.5) is 5.69 Å². The Balaban J connectivity index is 1.92. The molecule has 2 N–H and O–H groups in total. The Hall–Kier alpha value is -1.39. The van der Waals surface area contributed by atoms with Crippen molar-refractivity contribution in [2.24, 2.45) is 0 Å². The molecule has 1 amide bonds. The van der Waals surface area contributed by atoms with E-state index in [0.29, 0.717) is 5.54 Å². The quantitative estimate of drug-likeness (QED) is 0.836. The van der Waals surface area contributed by atoms with Gasteiger partial charge in [0.2, 0.25) is 5.91 Å². The van der Waals surface area contributed by atoms with E-state index in [4.69, 9.17) is 0 Å². The number of amides is 1. The summed E-state index contributed by atoms with van der Waals surface area (Å²) in [5, 5.41) is 6.43. The Morgan fingerprint density at radius 1 is 1.30 bits per heavy atom. The van der Waals surface area contributed by atoms with E-state index in [1.165, 1.54) is 19.3 Å². The van der Waals surface area contributed by atoms with Gasteiger partial charge in [-0.1, -0.05) is 18.2 Å². The molecule has 20 heavy (non-hydrogen) atoms. The van der Waals surface area contributed by atoms with Crippen LogP contribution in [0.5, 0.6) is 0 Å². The molecule has 4 nitrogen and oxygen atoms in total. The topological polar surface area (TPSA) is 44.4 Å². The summed E-state index contributed by atoms with van der Waals surface area (Å²) in [6, 6.07) is 7.96.